The molecular formula is C24H26ClN5O4S. The van der Waals surface area contributed by atoms with Crippen molar-refractivity contribution in [3.63, 3.8) is 0 Å². The minimum Gasteiger partial charge on any atom is -0.493 e. The minimum absolute atomic E-state index is 0.158. The fraction of sp³-hybridized carbons (Fsp3) is 0.250. The summed E-state index contributed by atoms with van der Waals surface area (Å²) in [6.45, 7) is 2.74. The molecular weight excluding hydrogens is 490 g/mol. The Morgan fingerprint density at radius 1 is 1.11 bits per heavy atom. The maximum absolute atomic E-state index is 12.3. The van der Waals surface area contributed by atoms with Gasteiger partial charge in [0, 0.05) is 23.3 Å². The average Bonchev–Trinajstić information content (AvgIpc) is 3.26. The number of nitrogens with zero attached hydrogens (tertiary/aromatic N) is 3. The predicted molar refractivity (Wildman–Crippen MR) is 137 cm³/mol. The van der Waals surface area contributed by atoms with Gasteiger partial charge in [0.05, 0.1) is 26.5 Å². The lowest BCUT2D eigenvalue weighted by Gasteiger charge is -2.08. The monoisotopic (exact) mass is 515 g/mol. The lowest BCUT2D eigenvalue weighted by atomic mass is 10.2. The second kappa shape index (κ2) is 12.8. The molecule has 0 aliphatic heterocycles. The van der Waals surface area contributed by atoms with Gasteiger partial charge in [-0.2, -0.15) is 0 Å². The molecule has 0 bridgehead atoms. The second-order valence-electron chi connectivity index (χ2n) is 7.16. The summed E-state index contributed by atoms with van der Waals surface area (Å²) in [5.41, 5.74) is 1.42. The van der Waals surface area contributed by atoms with Crippen LogP contribution in [0.5, 0.6) is 11.5 Å². The number of nitrogens with one attached hydrogen (secondary N) is 2. The number of methoxy groups -OCH3 is 2. The zero-order valence-corrected chi connectivity index (χ0v) is 21.2. The van der Waals surface area contributed by atoms with Crippen molar-refractivity contribution >= 4 is 46.9 Å². The van der Waals surface area contributed by atoms with Crippen LogP contribution in [-0.2, 0) is 22.7 Å². The summed E-state index contributed by atoms with van der Waals surface area (Å²) in [6.07, 6.45) is 3.12. The van der Waals surface area contributed by atoms with Crippen molar-refractivity contribution in [3.05, 3.63) is 65.0 Å². The summed E-state index contributed by atoms with van der Waals surface area (Å²) >= 11 is 7.22. The Kier molecular flexibility index (Phi) is 9.56. The zero-order valence-electron chi connectivity index (χ0n) is 19.6. The van der Waals surface area contributed by atoms with E-state index in [9.17, 15) is 9.59 Å². The summed E-state index contributed by atoms with van der Waals surface area (Å²) in [7, 11) is 3.12. The number of anilines is 1. The number of carbonyl (C=O) groups excluding carboxylic acids is 2. The van der Waals surface area contributed by atoms with E-state index in [0.717, 1.165) is 5.56 Å². The van der Waals surface area contributed by atoms with E-state index in [1.54, 1.807) is 56.7 Å². The molecule has 2 aromatic carbocycles. The number of halogens is 1. The first-order chi connectivity index (χ1) is 16.9. The van der Waals surface area contributed by atoms with Crippen LogP contribution in [0.25, 0.3) is 6.08 Å². The first-order valence-corrected chi connectivity index (χ1v) is 12.1. The van der Waals surface area contributed by atoms with Crippen LogP contribution in [0.15, 0.2) is 53.7 Å². The van der Waals surface area contributed by atoms with Crippen molar-refractivity contribution < 1.29 is 19.1 Å². The van der Waals surface area contributed by atoms with Crippen molar-refractivity contribution in [1.29, 1.82) is 0 Å². The van der Waals surface area contributed by atoms with E-state index in [1.165, 1.54) is 17.8 Å². The molecule has 2 amide bonds. The van der Waals surface area contributed by atoms with Gasteiger partial charge < -0.3 is 24.7 Å². The van der Waals surface area contributed by atoms with E-state index in [-0.39, 0.29) is 24.1 Å². The van der Waals surface area contributed by atoms with Crippen LogP contribution in [0, 0.1) is 0 Å². The fourth-order valence-corrected chi connectivity index (χ4v) is 4.13. The van der Waals surface area contributed by atoms with Crippen LogP contribution in [-0.4, -0.2) is 46.6 Å². The molecule has 35 heavy (non-hydrogen) atoms. The van der Waals surface area contributed by atoms with Crippen molar-refractivity contribution in [2.24, 2.45) is 0 Å². The number of amides is 2. The number of thioether (sulfide) groups is 1. The molecule has 9 nitrogen and oxygen atoms in total. The molecule has 0 spiro atoms. The molecule has 0 aliphatic carbocycles. The third kappa shape index (κ3) is 7.49. The summed E-state index contributed by atoms with van der Waals surface area (Å²) in [4.78, 5) is 24.6. The smallest absolute Gasteiger partial charge is 0.244 e. The number of hydrogen-bond acceptors (Lipinski definition) is 7. The van der Waals surface area contributed by atoms with E-state index < -0.39 is 0 Å². The summed E-state index contributed by atoms with van der Waals surface area (Å²) < 4.78 is 12.4. The number of benzene rings is 2. The number of aromatic nitrogens is 3. The van der Waals surface area contributed by atoms with Gasteiger partial charge in [0.1, 0.15) is 0 Å². The lowest BCUT2D eigenvalue weighted by molar-refractivity contribution is -0.116. The van der Waals surface area contributed by atoms with Crippen LogP contribution in [0.1, 0.15) is 18.3 Å². The van der Waals surface area contributed by atoms with Gasteiger partial charge in [-0.1, -0.05) is 35.5 Å². The van der Waals surface area contributed by atoms with E-state index in [2.05, 4.69) is 20.8 Å². The Bertz CT molecular complexity index is 1210. The second-order valence-corrected chi connectivity index (χ2v) is 8.53. The van der Waals surface area contributed by atoms with Gasteiger partial charge in [-0.05, 0) is 48.9 Å². The maximum Gasteiger partial charge on any atom is 0.244 e. The van der Waals surface area contributed by atoms with E-state index >= 15 is 0 Å². The first kappa shape index (κ1) is 26.1. The van der Waals surface area contributed by atoms with E-state index in [4.69, 9.17) is 21.1 Å². The van der Waals surface area contributed by atoms with Crippen LogP contribution in [0.2, 0.25) is 5.02 Å². The molecule has 0 fully saturated rings. The van der Waals surface area contributed by atoms with Gasteiger partial charge in [-0.3, -0.25) is 9.59 Å². The highest BCUT2D eigenvalue weighted by atomic mass is 35.5. The van der Waals surface area contributed by atoms with Crippen LogP contribution in [0.3, 0.4) is 0 Å². The zero-order chi connectivity index (χ0) is 25.2. The topological polar surface area (TPSA) is 107 Å². The number of ether oxygens (including phenoxy) is 2. The Morgan fingerprint density at radius 3 is 2.63 bits per heavy atom. The van der Waals surface area contributed by atoms with Crippen molar-refractivity contribution in [1.82, 2.24) is 20.1 Å². The van der Waals surface area contributed by atoms with Gasteiger partial charge in [0.15, 0.2) is 22.5 Å². The standard InChI is InChI=1S/C24H26ClN5O4S/c1-4-30-21(14-26-22(31)11-9-16-8-10-19(33-2)20(12-16)34-3)28-29-24(30)35-15-23(32)27-18-7-5-6-17(25)13-18/h5-13H,4,14-15H2,1-3H3,(H,26,31)(H,27,32)/b11-9+. The Balaban J connectivity index is 1.53. The molecule has 11 heteroatoms. The molecule has 0 radical (unpaired) electrons. The quantitative estimate of drug-likeness (QED) is 0.293. The van der Waals surface area contributed by atoms with Crippen molar-refractivity contribution in [2.45, 2.75) is 25.2 Å². The molecule has 1 aromatic heterocycles. The molecule has 0 saturated carbocycles. The molecule has 1 heterocycles. The highest BCUT2D eigenvalue weighted by Crippen LogP contribution is 2.28. The number of carbonyl (C=O) groups is 2. The van der Waals surface area contributed by atoms with Gasteiger partial charge in [-0.25, -0.2) is 0 Å². The Hall–Kier alpha value is -3.50. The normalized spacial score (nSPS) is 10.9. The highest BCUT2D eigenvalue weighted by molar-refractivity contribution is 7.99. The largest absolute Gasteiger partial charge is 0.493 e. The first-order valence-electron chi connectivity index (χ1n) is 10.7. The molecule has 0 atom stereocenters. The van der Waals surface area contributed by atoms with E-state index in [1.807, 2.05) is 17.6 Å². The molecule has 3 rings (SSSR count). The third-order valence-electron chi connectivity index (χ3n) is 4.81. The predicted octanol–water partition coefficient (Wildman–Crippen LogP) is 4.03. The molecule has 184 valence electrons. The number of hydrogen-bond donors (Lipinski definition) is 2. The minimum atomic E-state index is -0.277. The maximum atomic E-state index is 12.3. The highest BCUT2D eigenvalue weighted by Gasteiger charge is 2.14. The van der Waals surface area contributed by atoms with Gasteiger partial charge in [-0.15, -0.1) is 10.2 Å². The SMILES string of the molecule is CCn1c(CNC(=O)/C=C/c2ccc(OC)c(OC)c2)nnc1SCC(=O)Nc1cccc(Cl)c1. The molecule has 0 saturated heterocycles. The van der Waals surface area contributed by atoms with Gasteiger partial charge >= 0.3 is 0 Å². The molecule has 0 unspecified atom stereocenters. The Morgan fingerprint density at radius 2 is 1.91 bits per heavy atom. The van der Waals surface area contributed by atoms with E-state index in [0.29, 0.717) is 39.7 Å². The third-order valence-corrected chi connectivity index (χ3v) is 6.01. The van der Waals surface area contributed by atoms with Crippen molar-refractivity contribution in [2.75, 3.05) is 25.3 Å². The fourth-order valence-electron chi connectivity index (χ4n) is 3.12. The Labute approximate surface area is 212 Å². The molecule has 2 N–H and O–H groups in total. The lowest BCUT2D eigenvalue weighted by Crippen LogP contribution is -2.22. The van der Waals surface area contributed by atoms with Gasteiger partial charge in [0.25, 0.3) is 0 Å². The molecule has 0 aliphatic rings. The van der Waals surface area contributed by atoms with Crippen LogP contribution >= 0.6 is 23.4 Å². The van der Waals surface area contributed by atoms with Crippen LogP contribution in [0.4, 0.5) is 5.69 Å². The molecule has 3 aromatic rings. The number of rotatable bonds is 11. The summed E-state index contributed by atoms with van der Waals surface area (Å²) in [5, 5.41) is 15.1. The summed E-state index contributed by atoms with van der Waals surface area (Å²) in [6, 6.07) is 12.3. The van der Waals surface area contributed by atoms with Gasteiger partial charge in [0.2, 0.25) is 11.8 Å². The van der Waals surface area contributed by atoms with Crippen molar-refractivity contribution in [3.8, 4) is 11.5 Å². The van der Waals surface area contributed by atoms with Crippen LogP contribution < -0.4 is 20.1 Å². The average molecular weight is 516 g/mol. The summed E-state index contributed by atoms with van der Waals surface area (Å²) in [5.74, 6) is 1.49.